The van der Waals surface area contributed by atoms with E-state index in [1.165, 1.54) is 32.3 Å². The SMILES string of the molecule is c1ccc(N(c2ccccc2)c2ccc(-n3c4ccccc4c4ccc(-c5ccc(N(c6ccc(-c7ccc8c9ccccc9n(-c9ccc(N(c%10ccccc%10)c%10ccccc%10)cc9)c8c7)cc6)c6ccc(-c7ccc8c9ccccc9n(-c9ccc(N(c%10ccccc%10)c%10ccccc%10)cc9)c8c7)cc6)cc5)cc43)cc2)cc1. The van der Waals surface area contributed by atoms with Gasteiger partial charge in [0, 0.05) is 118 Å². The maximum Gasteiger partial charge on any atom is 0.0547 e. The molecule has 0 spiro atoms. The quantitative estimate of drug-likeness (QED) is 0.0856. The number of nitrogens with zero attached hydrogens (tertiary/aromatic N) is 7. The van der Waals surface area contributed by atoms with Crippen molar-refractivity contribution in [3.63, 3.8) is 0 Å². The van der Waals surface area contributed by atoms with Crippen LogP contribution in [-0.4, -0.2) is 13.7 Å². The van der Waals surface area contributed by atoms with Crippen molar-refractivity contribution in [3.8, 4) is 50.4 Å². The fraction of sp³-hybridized carbons (Fsp3) is 0. The first-order valence-corrected chi connectivity index (χ1v) is 39.3. The van der Waals surface area contributed by atoms with E-state index in [0.29, 0.717) is 0 Å². The highest BCUT2D eigenvalue weighted by molar-refractivity contribution is 6.13. The maximum absolute atomic E-state index is 2.42. The number of benzene rings is 18. The standard InChI is InChI=1S/C108H75N7/c1-7-25-82(26-8-1)109(83-27-9-2-10-28-83)91-58-64-94(65-59-91)113-103-40-22-19-37-97(103)100-70-49-79(73-106(100)113)76-43-52-88(53-44-76)112(89-54-45-77(46-55-89)80-50-71-101-98-38-20-23-41-104(98)114(107(101)74-80)95-66-60-92(61-67-95)110(84-29-11-3-12-30-84)85-31-13-4-14-32-85)90-56-47-78(48-57-90)81-51-72-102-99-39-21-24-42-105(99)115(108(102)75-81)96-68-62-93(63-69-96)111(86-33-15-5-16-34-86)87-35-17-6-18-36-87/h1-75H. The van der Waals surface area contributed by atoms with E-state index in [0.717, 1.165) is 152 Å². The Morgan fingerprint density at radius 1 is 0.122 bits per heavy atom. The Bertz CT molecular complexity index is 6270. The molecule has 18 aromatic carbocycles. The average Bonchev–Trinajstić information content (AvgIpc) is 1.61. The van der Waals surface area contributed by atoms with Crippen LogP contribution in [-0.2, 0) is 0 Å². The number of fused-ring (bicyclic) bond motifs is 9. The normalized spacial score (nSPS) is 11.5. The molecule has 0 bridgehead atoms. The van der Waals surface area contributed by atoms with E-state index >= 15 is 0 Å². The molecular formula is C108H75N7. The predicted octanol–water partition coefficient (Wildman–Crippen LogP) is 29.9. The Morgan fingerprint density at radius 3 is 0.504 bits per heavy atom. The summed E-state index contributed by atoms with van der Waals surface area (Å²) in [5.41, 5.74) is 30.0. The first-order valence-electron chi connectivity index (χ1n) is 39.3. The minimum Gasteiger partial charge on any atom is -0.311 e. The highest BCUT2D eigenvalue weighted by Gasteiger charge is 2.23. The second-order valence-electron chi connectivity index (χ2n) is 29.3. The molecule has 0 N–H and O–H groups in total. The Balaban J connectivity index is 0.641. The largest absolute Gasteiger partial charge is 0.311 e. The molecule has 115 heavy (non-hydrogen) atoms. The van der Waals surface area contributed by atoms with Crippen LogP contribution in [0.5, 0.6) is 0 Å². The molecule has 7 heteroatoms. The van der Waals surface area contributed by atoms with Gasteiger partial charge < -0.3 is 33.3 Å². The topological polar surface area (TPSA) is 27.8 Å². The van der Waals surface area contributed by atoms with E-state index in [1.54, 1.807) is 0 Å². The molecule has 21 aromatic rings. The first-order chi connectivity index (χ1) is 57.0. The van der Waals surface area contributed by atoms with E-state index in [-0.39, 0.29) is 0 Å². The number of anilines is 12. The molecule has 0 atom stereocenters. The zero-order chi connectivity index (χ0) is 76.1. The average molecular weight is 1470 g/mol. The summed E-state index contributed by atoms with van der Waals surface area (Å²) >= 11 is 0. The molecule has 3 heterocycles. The number of rotatable bonds is 18. The first kappa shape index (κ1) is 67.7. The van der Waals surface area contributed by atoms with Crippen molar-refractivity contribution in [2.24, 2.45) is 0 Å². The molecule has 542 valence electrons. The van der Waals surface area contributed by atoms with Crippen molar-refractivity contribution in [1.82, 2.24) is 13.7 Å². The van der Waals surface area contributed by atoms with Crippen molar-refractivity contribution in [3.05, 3.63) is 455 Å². The van der Waals surface area contributed by atoms with Crippen LogP contribution in [0.25, 0.3) is 116 Å². The lowest BCUT2D eigenvalue weighted by molar-refractivity contribution is 1.17. The molecule has 3 aromatic heterocycles. The van der Waals surface area contributed by atoms with Crippen LogP contribution < -0.4 is 19.6 Å². The summed E-state index contributed by atoms with van der Waals surface area (Å²) in [5, 5.41) is 7.27. The lowest BCUT2D eigenvalue weighted by atomic mass is 10.0. The number of aromatic nitrogens is 3. The van der Waals surface area contributed by atoms with Gasteiger partial charge in [0.25, 0.3) is 0 Å². The molecule has 0 saturated carbocycles. The minimum absolute atomic E-state index is 1.04. The summed E-state index contributed by atoms with van der Waals surface area (Å²) in [6.45, 7) is 0. The Kier molecular flexibility index (Phi) is 17.1. The van der Waals surface area contributed by atoms with E-state index in [9.17, 15) is 0 Å². The van der Waals surface area contributed by atoms with E-state index < -0.39 is 0 Å². The minimum atomic E-state index is 1.04. The van der Waals surface area contributed by atoms with Crippen LogP contribution in [0.1, 0.15) is 0 Å². The highest BCUT2D eigenvalue weighted by Crippen LogP contribution is 2.45. The van der Waals surface area contributed by atoms with Gasteiger partial charge in [-0.3, -0.25) is 0 Å². The van der Waals surface area contributed by atoms with E-state index in [1.807, 2.05) is 0 Å². The van der Waals surface area contributed by atoms with Gasteiger partial charge >= 0.3 is 0 Å². The summed E-state index contributed by atoms with van der Waals surface area (Å²) in [7, 11) is 0. The van der Waals surface area contributed by atoms with Crippen LogP contribution in [0.4, 0.5) is 68.2 Å². The van der Waals surface area contributed by atoms with Crippen molar-refractivity contribution in [2.45, 2.75) is 0 Å². The molecule has 0 aliphatic heterocycles. The van der Waals surface area contributed by atoms with E-state index in [4.69, 9.17) is 0 Å². The van der Waals surface area contributed by atoms with Gasteiger partial charge in [-0.15, -0.1) is 0 Å². The van der Waals surface area contributed by atoms with Crippen molar-refractivity contribution in [1.29, 1.82) is 0 Å². The van der Waals surface area contributed by atoms with Crippen molar-refractivity contribution in [2.75, 3.05) is 19.6 Å². The van der Waals surface area contributed by atoms with Crippen LogP contribution in [0.3, 0.4) is 0 Å². The van der Waals surface area contributed by atoms with Crippen LogP contribution in [0, 0.1) is 0 Å². The summed E-state index contributed by atoms with van der Waals surface area (Å²) < 4.78 is 7.26. The van der Waals surface area contributed by atoms with Crippen molar-refractivity contribution < 1.29 is 0 Å². The third-order valence-electron chi connectivity index (χ3n) is 22.6. The Hall–Kier alpha value is -15.4. The molecule has 0 aliphatic carbocycles. The summed E-state index contributed by atoms with van der Waals surface area (Å²) in [6.07, 6.45) is 0. The fourth-order valence-electron chi connectivity index (χ4n) is 17.2. The molecule has 0 aliphatic rings. The highest BCUT2D eigenvalue weighted by atomic mass is 15.2. The van der Waals surface area contributed by atoms with Crippen LogP contribution in [0.2, 0.25) is 0 Å². The number of para-hydroxylation sites is 9. The Morgan fingerprint density at radius 2 is 0.287 bits per heavy atom. The number of hydrogen-bond donors (Lipinski definition) is 0. The third-order valence-corrected chi connectivity index (χ3v) is 22.6. The van der Waals surface area contributed by atoms with Gasteiger partial charge in [-0.2, -0.15) is 0 Å². The summed E-state index contributed by atoms with van der Waals surface area (Å²) in [6, 6.07) is 165. The fourth-order valence-corrected chi connectivity index (χ4v) is 17.2. The van der Waals surface area contributed by atoms with Crippen LogP contribution in [0.15, 0.2) is 455 Å². The second kappa shape index (κ2) is 29.1. The zero-order valence-corrected chi connectivity index (χ0v) is 62.9. The van der Waals surface area contributed by atoms with Gasteiger partial charge in [-0.05, 0) is 252 Å². The molecule has 0 radical (unpaired) electrons. The van der Waals surface area contributed by atoms with Gasteiger partial charge in [0.1, 0.15) is 0 Å². The van der Waals surface area contributed by atoms with E-state index in [2.05, 4.69) is 488 Å². The Labute approximate surface area is 668 Å². The number of hydrogen-bond acceptors (Lipinski definition) is 4. The molecule has 0 amide bonds. The monoisotopic (exact) mass is 1470 g/mol. The summed E-state index contributed by atoms with van der Waals surface area (Å²) in [5.74, 6) is 0. The van der Waals surface area contributed by atoms with Gasteiger partial charge in [0.15, 0.2) is 0 Å². The van der Waals surface area contributed by atoms with Gasteiger partial charge in [0.2, 0.25) is 0 Å². The second-order valence-corrected chi connectivity index (χ2v) is 29.3. The molecule has 7 nitrogen and oxygen atoms in total. The molecule has 0 unspecified atom stereocenters. The van der Waals surface area contributed by atoms with Gasteiger partial charge in [-0.25, -0.2) is 0 Å². The van der Waals surface area contributed by atoms with Crippen LogP contribution >= 0.6 is 0 Å². The van der Waals surface area contributed by atoms with Gasteiger partial charge in [0.05, 0.1) is 33.1 Å². The molecule has 21 rings (SSSR count). The third kappa shape index (κ3) is 12.4. The zero-order valence-electron chi connectivity index (χ0n) is 62.9. The molecular weight excluding hydrogens is 1400 g/mol. The smallest absolute Gasteiger partial charge is 0.0547 e. The van der Waals surface area contributed by atoms with Crippen molar-refractivity contribution >= 4 is 134 Å². The lowest BCUT2D eigenvalue weighted by Gasteiger charge is -2.26. The summed E-state index contributed by atoms with van der Waals surface area (Å²) in [4.78, 5) is 9.33. The predicted molar refractivity (Wildman–Crippen MR) is 484 cm³/mol. The molecule has 0 saturated heterocycles. The maximum atomic E-state index is 2.42. The lowest BCUT2D eigenvalue weighted by Crippen LogP contribution is -2.10. The molecule has 0 fully saturated rings. The van der Waals surface area contributed by atoms with Gasteiger partial charge in [-0.1, -0.05) is 237 Å².